The monoisotopic (exact) mass is 354 g/mol. The molecule has 23 heavy (non-hydrogen) atoms. The minimum absolute atomic E-state index is 0.0374. The molecular formula is C13H8F6N2OS. The predicted molar refractivity (Wildman–Crippen MR) is 71.3 cm³/mol. The molecule has 124 valence electrons. The van der Waals surface area contributed by atoms with Crippen molar-refractivity contribution in [2.24, 2.45) is 0 Å². The summed E-state index contributed by atoms with van der Waals surface area (Å²) >= 11 is 1.04. The van der Waals surface area contributed by atoms with E-state index in [1.807, 2.05) is 0 Å². The number of rotatable bonds is 2. The molecule has 3 nitrogen and oxygen atoms in total. The number of halogens is 6. The summed E-state index contributed by atoms with van der Waals surface area (Å²) in [6.07, 6.45) is -8.60. The second-order valence-electron chi connectivity index (χ2n) is 4.52. The predicted octanol–water partition coefficient (Wildman–Crippen LogP) is 4.74. The lowest BCUT2D eigenvalue weighted by molar-refractivity contribution is -0.143. The van der Waals surface area contributed by atoms with Gasteiger partial charge in [-0.3, -0.25) is 10.1 Å². The van der Waals surface area contributed by atoms with Crippen LogP contribution in [0, 0.1) is 6.92 Å². The summed E-state index contributed by atoms with van der Waals surface area (Å²) in [4.78, 5) is 16.4. The van der Waals surface area contributed by atoms with E-state index in [1.165, 1.54) is 6.20 Å². The molecule has 1 aromatic carbocycles. The molecule has 0 bridgehead atoms. The van der Waals surface area contributed by atoms with Crippen LogP contribution >= 0.6 is 11.3 Å². The van der Waals surface area contributed by atoms with Gasteiger partial charge in [-0.1, -0.05) is 0 Å². The van der Waals surface area contributed by atoms with E-state index in [0.717, 1.165) is 16.2 Å². The lowest BCUT2D eigenvalue weighted by Crippen LogP contribution is -2.17. The number of carbonyl (C=O) groups is 1. The number of aromatic nitrogens is 1. The molecule has 0 unspecified atom stereocenters. The third kappa shape index (κ3) is 4.21. The number of hydrogen-bond donors (Lipinski definition) is 1. The fraction of sp³-hybridized carbons (Fsp3) is 0.231. The Morgan fingerprint density at radius 3 is 1.96 bits per heavy atom. The number of anilines is 1. The molecule has 0 aliphatic heterocycles. The Balaban J connectivity index is 2.42. The van der Waals surface area contributed by atoms with Crippen LogP contribution in [0.15, 0.2) is 24.4 Å². The van der Waals surface area contributed by atoms with Crippen molar-refractivity contribution in [3.05, 3.63) is 46.0 Å². The molecule has 0 atom stereocenters. The van der Waals surface area contributed by atoms with Crippen LogP contribution in [0.5, 0.6) is 0 Å². The minimum Gasteiger partial charge on any atom is -0.298 e. The van der Waals surface area contributed by atoms with Gasteiger partial charge in [0, 0.05) is 16.6 Å². The molecule has 2 rings (SSSR count). The first kappa shape index (κ1) is 17.3. The first-order valence-corrected chi connectivity index (χ1v) is 6.82. The van der Waals surface area contributed by atoms with Gasteiger partial charge >= 0.3 is 12.4 Å². The maximum absolute atomic E-state index is 12.7. The summed E-state index contributed by atoms with van der Waals surface area (Å²) in [7, 11) is 0. The van der Waals surface area contributed by atoms with Crippen molar-refractivity contribution in [3.63, 3.8) is 0 Å². The smallest absolute Gasteiger partial charge is 0.298 e. The van der Waals surface area contributed by atoms with Crippen molar-refractivity contribution >= 4 is 22.4 Å². The summed E-state index contributed by atoms with van der Waals surface area (Å²) in [5.74, 6) is -1.10. The van der Waals surface area contributed by atoms with Gasteiger partial charge in [-0.2, -0.15) is 26.3 Å². The van der Waals surface area contributed by atoms with E-state index in [4.69, 9.17) is 0 Å². The Hall–Kier alpha value is -2.10. The molecule has 0 saturated carbocycles. The molecular weight excluding hydrogens is 346 g/mol. The normalized spacial score (nSPS) is 12.3. The van der Waals surface area contributed by atoms with Crippen LogP contribution in [-0.2, 0) is 12.4 Å². The topological polar surface area (TPSA) is 42.0 Å². The number of hydrogen-bond acceptors (Lipinski definition) is 3. The third-order valence-electron chi connectivity index (χ3n) is 2.69. The van der Waals surface area contributed by atoms with E-state index in [1.54, 1.807) is 6.92 Å². The third-order valence-corrected chi connectivity index (χ3v) is 3.52. The Kier molecular flexibility index (Phi) is 4.38. The van der Waals surface area contributed by atoms with Crippen LogP contribution in [0.25, 0.3) is 0 Å². The van der Waals surface area contributed by atoms with Crippen LogP contribution < -0.4 is 5.32 Å². The van der Waals surface area contributed by atoms with Gasteiger partial charge < -0.3 is 0 Å². The number of aryl methyl sites for hydroxylation is 1. The Labute approximate surface area is 130 Å². The van der Waals surface area contributed by atoms with Crippen LogP contribution in [0.2, 0.25) is 0 Å². The molecule has 1 N–H and O–H groups in total. The van der Waals surface area contributed by atoms with E-state index in [-0.39, 0.29) is 11.2 Å². The number of benzene rings is 1. The number of thiazole rings is 1. The maximum atomic E-state index is 12.7. The second-order valence-corrected chi connectivity index (χ2v) is 5.76. The fourth-order valence-electron chi connectivity index (χ4n) is 1.67. The van der Waals surface area contributed by atoms with Crippen molar-refractivity contribution in [1.29, 1.82) is 0 Å². The van der Waals surface area contributed by atoms with Crippen LogP contribution in [0.1, 0.15) is 26.4 Å². The van der Waals surface area contributed by atoms with Gasteiger partial charge in [0.15, 0.2) is 5.13 Å². The average molecular weight is 354 g/mol. The number of nitrogens with zero attached hydrogens (tertiary/aromatic N) is 1. The van der Waals surface area contributed by atoms with Gasteiger partial charge in [-0.05, 0) is 25.1 Å². The van der Waals surface area contributed by atoms with E-state index < -0.39 is 35.0 Å². The van der Waals surface area contributed by atoms with Gasteiger partial charge in [0.2, 0.25) is 0 Å². The van der Waals surface area contributed by atoms with Gasteiger partial charge in [-0.25, -0.2) is 4.98 Å². The summed E-state index contributed by atoms with van der Waals surface area (Å²) in [5, 5.41) is 2.25. The molecule has 0 spiro atoms. The van der Waals surface area contributed by atoms with Crippen molar-refractivity contribution in [2.45, 2.75) is 19.3 Å². The molecule has 0 aliphatic rings. The van der Waals surface area contributed by atoms with Crippen LogP contribution in [0.3, 0.4) is 0 Å². The summed E-state index contributed by atoms with van der Waals surface area (Å²) in [5.41, 5.74) is -3.85. The molecule has 10 heteroatoms. The lowest BCUT2D eigenvalue weighted by atomic mass is 10.0. The van der Waals surface area contributed by atoms with Crippen molar-refractivity contribution in [1.82, 2.24) is 4.98 Å². The quantitative estimate of drug-likeness (QED) is 0.792. The SMILES string of the molecule is Cc1cnc(NC(=O)c2cc(C(F)(F)F)cc(C(F)(F)F)c2)s1. The van der Waals surface area contributed by atoms with Crippen molar-refractivity contribution < 1.29 is 31.1 Å². The number of alkyl halides is 6. The highest BCUT2D eigenvalue weighted by Gasteiger charge is 2.37. The van der Waals surface area contributed by atoms with Crippen LogP contribution in [0.4, 0.5) is 31.5 Å². The molecule has 0 aliphatic carbocycles. The highest BCUT2D eigenvalue weighted by Crippen LogP contribution is 2.36. The minimum atomic E-state index is -5.01. The average Bonchev–Trinajstić information content (AvgIpc) is 2.81. The van der Waals surface area contributed by atoms with Gasteiger partial charge in [-0.15, -0.1) is 11.3 Å². The largest absolute Gasteiger partial charge is 0.416 e. The zero-order chi connectivity index (χ0) is 17.4. The van der Waals surface area contributed by atoms with E-state index >= 15 is 0 Å². The molecule has 0 radical (unpaired) electrons. The summed E-state index contributed by atoms with van der Waals surface area (Å²) in [6.45, 7) is 1.68. The first-order valence-electron chi connectivity index (χ1n) is 6.00. The van der Waals surface area contributed by atoms with E-state index in [9.17, 15) is 31.1 Å². The summed E-state index contributed by atoms with van der Waals surface area (Å²) in [6, 6.07) is 0.695. The maximum Gasteiger partial charge on any atom is 0.416 e. The standard InChI is InChI=1S/C13H8F6N2OS/c1-6-5-20-11(23-6)21-10(22)7-2-8(12(14,15)16)4-9(3-7)13(17,18)19/h2-5H,1H3,(H,20,21,22). The zero-order valence-electron chi connectivity index (χ0n) is 11.3. The molecule has 0 fully saturated rings. The van der Waals surface area contributed by atoms with E-state index in [2.05, 4.69) is 10.3 Å². The molecule has 1 amide bonds. The Morgan fingerprint density at radius 1 is 1.04 bits per heavy atom. The summed E-state index contributed by atoms with van der Waals surface area (Å²) < 4.78 is 76.3. The van der Waals surface area contributed by atoms with Gasteiger partial charge in [0.05, 0.1) is 11.1 Å². The van der Waals surface area contributed by atoms with E-state index in [0.29, 0.717) is 12.1 Å². The number of carbonyl (C=O) groups excluding carboxylic acids is 1. The molecule has 1 heterocycles. The first-order chi connectivity index (χ1) is 10.5. The molecule has 0 saturated heterocycles. The number of nitrogens with one attached hydrogen (secondary N) is 1. The van der Waals surface area contributed by atoms with Gasteiger partial charge in [0.25, 0.3) is 5.91 Å². The lowest BCUT2D eigenvalue weighted by Gasteiger charge is -2.13. The number of amides is 1. The van der Waals surface area contributed by atoms with Crippen molar-refractivity contribution in [2.75, 3.05) is 5.32 Å². The van der Waals surface area contributed by atoms with Gasteiger partial charge in [0.1, 0.15) is 0 Å². The highest BCUT2D eigenvalue weighted by molar-refractivity contribution is 7.15. The highest BCUT2D eigenvalue weighted by atomic mass is 32.1. The van der Waals surface area contributed by atoms with Crippen LogP contribution in [-0.4, -0.2) is 10.9 Å². The van der Waals surface area contributed by atoms with Crippen molar-refractivity contribution in [3.8, 4) is 0 Å². The molecule has 2 aromatic rings. The Morgan fingerprint density at radius 2 is 1.57 bits per heavy atom. The molecule has 1 aromatic heterocycles. The second kappa shape index (κ2) is 5.84. The Bertz CT molecular complexity index is 703. The fourth-order valence-corrected chi connectivity index (χ4v) is 2.33. The zero-order valence-corrected chi connectivity index (χ0v) is 12.2.